The first-order chi connectivity index (χ1) is 12.2. The van der Waals surface area contributed by atoms with Gasteiger partial charge in [-0.15, -0.1) is 0 Å². The van der Waals surface area contributed by atoms with Gasteiger partial charge in [-0.25, -0.2) is 13.2 Å². The van der Waals surface area contributed by atoms with Crippen molar-refractivity contribution < 1.29 is 22.7 Å². The van der Waals surface area contributed by atoms with Gasteiger partial charge in [-0.2, -0.15) is 4.31 Å². The highest BCUT2D eigenvalue weighted by Gasteiger charge is 2.40. The molecule has 144 valence electrons. The Balaban J connectivity index is 1.68. The SMILES string of the molecule is CC1(C)CN(C(=O)Nc2ccccc2OC2COC2)CCN1S(C)(=O)=O. The maximum absolute atomic E-state index is 12.7. The number of ether oxygens (including phenoxy) is 2. The lowest BCUT2D eigenvalue weighted by Gasteiger charge is -2.45. The van der Waals surface area contributed by atoms with E-state index in [1.54, 1.807) is 17.0 Å². The quantitative estimate of drug-likeness (QED) is 0.848. The van der Waals surface area contributed by atoms with Crippen molar-refractivity contribution in [3.05, 3.63) is 24.3 Å². The summed E-state index contributed by atoms with van der Waals surface area (Å²) >= 11 is 0. The molecule has 2 aliphatic heterocycles. The maximum atomic E-state index is 12.7. The first-order valence-electron chi connectivity index (χ1n) is 8.54. The number of rotatable bonds is 4. The van der Waals surface area contributed by atoms with E-state index in [1.165, 1.54) is 10.6 Å². The van der Waals surface area contributed by atoms with Crippen LogP contribution in [0, 0.1) is 0 Å². The van der Waals surface area contributed by atoms with E-state index < -0.39 is 15.6 Å². The fraction of sp³-hybridized carbons (Fsp3) is 0.588. The van der Waals surface area contributed by atoms with Crippen LogP contribution >= 0.6 is 0 Å². The standard InChI is InChI=1S/C17H25N3O5S/c1-17(2)12-19(8-9-20(17)26(3,22)23)16(21)18-14-6-4-5-7-15(14)25-13-10-24-11-13/h4-7,13H,8-12H2,1-3H3,(H,18,21). The molecule has 0 spiro atoms. The van der Waals surface area contributed by atoms with E-state index in [0.29, 0.717) is 37.7 Å². The van der Waals surface area contributed by atoms with Crippen molar-refractivity contribution in [2.45, 2.75) is 25.5 Å². The predicted octanol–water partition coefficient (Wildman–Crippen LogP) is 1.35. The van der Waals surface area contributed by atoms with Gasteiger partial charge in [0.25, 0.3) is 0 Å². The molecule has 0 bridgehead atoms. The number of anilines is 1. The average molecular weight is 383 g/mol. The zero-order valence-electron chi connectivity index (χ0n) is 15.3. The lowest BCUT2D eigenvalue weighted by molar-refractivity contribution is -0.0794. The molecule has 2 aliphatic rings. The molecular weight excluding hydrogens is 358 g/mol. The van der Waals surface area contributed by atoms with Gasteiger partial charge in [0.1, 0.15) is 11.9 Å². The second-order valence-electron chi connectivity index (χ2n) is 7.27. The number of benzene rings is 1. The highest BCUT2D eigenvalue weighted by Crippen LogP contribution is 2.28. The van der Waals surface area contributed by atoms with Crippen LogP contribution in [0.1, 0.15) is 13.8 Å². The Morgan fingerprint density at radius 3 is 2.54 bits per heavy atom. The van der Waals surface area contributed by atoms with Gasteiger partial charge in [0.2, 0.25) is 10.0 Å². The number of nitrogens with zero attached hydrogens (tertiary/aromatic N) is 2. The highest BCUT2D eigenvalue weighted by molar-refractivity contribution is 7.88. The number of hydrogen-bond donors (Lipinski definition) is 1. The fourth-order valence-electron chi connectivity index (χ4n) is 3.26. The zero-order valence-corrected chi connectivity index (χ0v) is 16.1. The number of carbonyl (C=O) groups excluding carboxylic acids is 1. The largest absolute Gasteiger partial charge is 0.483 e. The smallest absolute Gasteiger partial charge is 0.322 e. The molecule has 0 aliphatic carbocycles. The monoisotopic (exact) mass is 383 g/mol. The third-order valence-corrected chi connectivity index (χ3v) is 6.02. The number of sulfonamides is 1. The third kappa shape index (κ3) is 4.11. The summed E-state index contributed by atoms with van der Waals surface area (Å²) in [6, 6.07) is 6.99. The minimum atomic E-state index is -3.32. The summed E-state index contributed by atoms with van der Waals surface area (Å²) in [5.74, 6) is 0.600. The van der Waals surface area contributed by atoms with Crippen molar-refractivity contribution in [1.82, 2.24) is 9.21 Å². The summed E-state index contributed by atoms with van der Waals surface area (Å²) in [6.45, 7) is 5.65. The van der Waals surface area contributed by atoms with E-state index in [-0.39, 0.29) is 18.7 Å². The van der Waals surface area contributed by atoms with E-state index in [2.05, 4.69) is 5.32 Å². The van der Waals surface area contributed by atoms with Crippen LogP contribution in [0.25, 0.3) is 0 Å². The van der Waals surface area contributed by atoms with Crippen LogP contribution in [0.15, 0.2) is 24.3 Å². The molecule has 1 N–H and O–H groups in total. The molecule has 1 aromatic rings. The molecule has 2 saturated heterocycles. The summed E-state index contributed by atoms with van der Waals surface area (Å²) in [7, 11) is -3.32. The predicted molar refractivity (Wildman–Crippen MR) is 97.9 cm³/mol. The first-order valence-corrected chi connectivity index (χ1v) is 10.4. The van der Waals surface area contributed by atoms with Gasteiger partial charge in [-0.1, -0.05) is 12.1 Å². The Labute approximate surface area is 154 Å². The third-order valence-electron chi connectivity index (χ3n) is 4.54. The average Bonchev–Trinajstić information content (AvgIpc) is 2.49. The van der Waals surface area contributed by atoms with E-state index in [4.69, 9.17) is 9.47 Å². The molecule has 0 unspecified atom stereocenters. The van der Waals surface area contributed by atoms with Crippen LogP contribution in [-0.4, -0.2) is 74.4 Å². The van der Waals surface area contributed by atoms with E-state index in [0.717, 1.165) is 0 Å². The second kappa shape index (κ2) is 7.05. The second-order valence-corrected chi connectivity index (χ2v) is 9.18. The van der Waals surface area contributed by atoms with Crippen molar-refractivity contribution in [2.24, 2.45) is 0 Å². The van der Waals surface area contributed by atoms with Gasteiger partial charge >= 0.3 is 6.03 Å². The van der Waals surface area contributed by atoms with Crippen molar-refractivity contribution in [3.63, 3.8) is 0 Å². The molecule has 3 rings (SSSR count). The molecule has 8 nitrogen and oxygen atoms in total. The Kier molecular flexibility index (Phi) is 5.14. The summed E-state index contributed by atoms with van der Waals surface area (Å²) in [4.78, 5) is 14.3. The van der Waals surface area contributed by atoms with Crippen LogP contribution in [0.4, 0.5) is 10.5 Å². The Morgan fingerprint density at radius 2 is 1.96 bits per heavy atom. The molecule has 26 heavy (non-hydrogen) atoms. The van der Waals surface area contributed by atoms with E-state index in [9.17, 15) is 13.2 Å². The maximum Gasteiger partial charge on any atom is 0.322 e. The molecule has 0 radical (unpaired) electrons. The van der Waals surface area contributed by atoms with Gasteiger partial charge in [-0.05, 0) is 26.0 Å². The molecule has 2 fully saturated rings. The topological polar surface area (TPSA) is 88.2 Å². The molecule has 2 amide bonds. The minimum absolute atomic E-state index is 0.00490. The number of amides is 2. The lowest BCUT2D eigenvalue weighted by Crippen LogP contribution is -2.62. The fourth-order valence-corrected chi connectivity index (χ4v) is 4.62. The first kappa shape index (κ1) is 18.9. The number of urea groups is 1. The summed E-state index contributed by atoms with van der Waals surface area (Å²) in [5, 5.41) is 2.88. The van der Waals surface area contributed by atoms with Crippen LogP contribution in [-0.2, 0) is 14.8 Å². The van der Waals surface area contributed by atoms with Crippen LogP contribution in [0.3, 0.4) is 0 Å². The van der Waals surface area contributed by atoms with Crippen molar-refractivity contribution in [3.8, 4) is 5.75 Å². The van der Waals surface area contributed by atoms with E-state index in [1.807, 2.05) is 26.0 Å². The number of nitrogens with one attached hydrogen (secondary N) is 1. The van der Waals surface area contributed by atoms with Crippen molar-refractivity contribution in [2.75, 3.05) is 44.4 Å². The number of hydrogen-bond acceptors (Lipinski definition) is 5. The molecule has 0 atom stereocenters. The molecule has 0 saturated carbocycles. The van der Waals surface area contributed by atoms with Gasteiger partial charge in [0.05, 0.1) is 25.2 Å². The van der Waals surface area contributed by atoms with Crippen LogP contribution < -0.4 is 10.1 Å². The Morgan fingerprint density at radius 1 is 1.27 bits per heavy atom. The van der Waals surface area contributed by atoms with Gasteiger partial charge in [0, 0.05) is 25.2 Å². The molecule has 9 heteroatoms. The molecule has 1 aromatic carbocycles. The normalized spacial score (nSPS) is 21.1. The van der Waals surface area contributed by atoms with Gasteiger partial charge in [0.15, 0.2) is 0 Å². The van der Waals surface area contributed by atoms with Gasteiger partial charge in [-0.3, -0.25) is 0 Å². The zero-order chi connectivity index (χ0) is 18.9. The van der Waals surface area contributed by atoms with Crippen LogP contribution in [0.2, 0.25) is 0 Å². The number of piperazine rings is 1. The summed E-state index contributed by atoms with van der Waals surface area (Å²) in [5.41, 5.74) is -0.0737. The van der Waals surface area contributed by atoms with Crippen molar-refractivity contribution in [1.29, 1.82) is 0 Å². The number of para-hydroxylation sites is 2. The van der Waals surface area contributed by atoms with Crippen LogP contribution in [0.5, 0.6) is 5.75 Å². The lowest BCUT2D eigenvalue weighted by atomic mass is 10.0. The summed E-state index contributed by atoms with van der Waals surface area (Å²) < 4.78 is 36.2. The molecular formula is C17H25N3O5S. The van der Waals surface area contributed by atoms with Gasteiger partial charge < -0.3 is 19.7 Å². The Hall–Kier alpha value is -1.84. The van der Waals surface area contributed by atoms with Crippen molar-refractivity contribution >= 4 is 21.7 Å². The Bertz CT molecular complexity index is 776. The minimum Gasteiger partial charge on any atom is -0.483 e. The number of carbonyl (C=O) groups is 1. The molecule has 0 aromatic heterocycles. The molecule has 2 heterocycles. The van der Waals surface area contributed by atoms with E-state index >= 15 is 0 Å². The highest BCUT2D eigenvalue weighted by atomic mass is 32.2. The summed E-state index contributed by atoms with van der Waals surface area (Å²) in [6.07, 6.45) is 1.20.